The molecule has 0 radical (unpaired) electrons. The average molecular weight is 395 g/mol. The molecule has 0 spiro atoms. The van der Waals surface area contributed by atoms with Gasteiger partial charge >= 0.3 is 5.97 Å². The zero-order valence-corrected chi connectivity index (χ0v) is 16.6. The van der Waals surface area contributed by atoms with Gasteiger partial charge in [0.2, 0.25) is 5.88 Å². The van der Waals surface area contributed by atoms with Crippen LogP contribution in [0, 0.1) is 6.92 Å². The monoisotopic (exact) mass is 395 g/mol. The Labute approximate surface area is 164 Å². The quantitative estimate of drug-likeness (QED) is 0.483. The number of nitrogens with zero attached hydrogens (tertiary/aromatic N) is 3. The summed E-state index contributed by atoms with van der Waals surface area (Å²) < 4.78 is 16.2. The highest BCUT2D eigenvalue weighted by Crippen LogP contribution is 2.37. The minimum absolute atomic E-state index is 0.365. The van der Waals surface area contributed by atoms with E-state index in [4.69, 9.17) is 19.2 Å². The second kappa shape index (κ2) is 7.05. The molecule has 142 valence electrons. The van der Waals surface area contributed by atoms with Crippen molar-refractivity contribution in [3.05, 3.63) is 41.6 Å². The number of hydrogen-bond acceptors (Lipinski definition) is 8. The first-order valence-electron chi connectivity index (χ1n) is 8.42. The number of rotatable bonds is 4. The Morgan fingerprint density at radius 2 is 1.82 bits per heavy atom. The summed E-state index contributed by atoms with van der Waals surface area (Å²) in [6, 6.07) is 7.45. The molecule has 8 heteroatoms. The van der Waals surface area contributed by atoms with E-state index in [1.165, 1.54) is 18.4 Å². The van der Waals surface area contributed by atoms with Gasteiger partial charge in [-0.15, -0.1) is 11.3 Å². The Morgan fingerprint density at radius 1 is 1.00 bits per heavy atom. The van der Waals surface area contributed by atoms with Crippen molar-refractivity contribution in [3.8, 4) is 22.2 Å². The van der Waals surface area contributed by atoms with Crippen molar-refractivity contribution in [2.45, 2.75) is 6.92 Å². The largest absolute Gasteiger partial charge is 0.497 e. The van der Waals surface area contributed by atoms with Crippen LogP contribution in [0.15, 0.2) is 30.5 Å². The number of fused-ring (bicyclic) bond motifs is 2. The predicted octanol–water partition coefficient (Wildman–Crippen LogP) is 4.02. The van der Waals surface area contributed by atoms with E-state index in [0.717, 1.165) is 31.9 Å². The first-order valence-corrected chi connectivity index (χ1v) is 9.24. The van der Waals surface area contributed by atoms with E-state index in [9.17, 15) is 4.79 Å². The molecule has 4 aromatic rings. The number of carbonyl (C=O) groups is 1. The molecule has 0 atom stereocenters. The first-order chi connectivity index (χ1) is 13.5. The molecule has 2 aromatic carbocycles. The van der Waals surface area contributed by atoms with Crippen LogP contribution >= 0.6 is 11.3 Å². The molecule has 0 fully saturated rings. The van der Waals surface area contributed by atoms with Crippen molar-refractivity contribution in [1.29, 1.82) is 0 Å². The summed E-state index contributed by atoms with van der Waals surface area (Å²) in [7, 11) is 4.46. The van der Waals surface area contributed by atoms with Crippen LogP contribution in [0.3, 0.4) is 0 Å². The van der Waals surface area contributed by atoms with Gasteiger partial charge < -0.3 is 14.2 Å². The number of carbonyl (C=O) groups excluding carboxylic acids is 1. The molecule has 0 saturated heterocycles. The Hall–Kier alpha value is -3.26. The second-order valence-electron chi connectivity index (χ2n) is 6.12. The molecular weight excluding hydrogens is 378 g/mol. The van der Waals surface area contributed by atoms with Crippen LogP contribution in [0.1, 0.15) is 15.9 Å². The Balaban J connectivity index is 1.98. The summed E-state index contributed by atoms with van der Waals surface area (Å²) >= 11 is 1.46. The Kier molecular flexibility index (Phi) is 4.56. The van der Waals surface area contributed by atoms with Crippen LogP contribution in [0.4, 0.5) is 0 Å². The smallest absolute Gasteiger partial charge is 0.340 e. The molecule has 0 aliphatic heterocycles. The minimum atomic E-state index is -0.459. The lowest BCUT2D eigenvalue weighted by Crippen LogP contribution is -2.02. The Bertz CT molecular complexity index is 1220. The van der Waals surface area contributed by atoms with Gasteiger partial charge in [0.1, 0.15) is 10.8 Å². The van der Waals surface area contributed by atoms with Gasteiger partial charge in [0, 0.05) is 5.56 Å². The number of hydrogen-bond donors (Lipinski definition) is 0. The van der Waals surface area contributed by atoms with Crippen LogP contribution in [0.25, 0.3) is 31.8 Å². The highest BCUT2D eigenvalue weighted by molar-refractivity contribution is 7.21. The maximum Gasteiger partial charge on any atom is 0.340 e. The summed E-state index contributed by atoms with van der Waals surface area (Å²) in [5.74, 6) is 0.562. The van der Waals surface area contributed by atoms with Crippen LogP contribution in [0.2, 0.25) is 0 Å². The molecule has 0 saturated carbocycles. The minimum Gasteiger partial charge on any atom is -0.497 e. The molecule has 0 unspecified atom stereocenters. The van der Waals surface area contributed by atoms with Crippen LogP contribution in [-0.4, -0.2) is 42.3 Å². The van der Waals surface area contributed by atoms with E-state index in [1.807, 2.05) is 25.1 Å². The maximum atomic E-state index is 12.2. The zero-order valence-electron chi connectivity index (χ0n) is 15.8. The predicted molar refractivity (Wildman–Crippen MR) is 107 cm³/mol. The Morgan fingerprint density at radius 3 is 2.54 bits per heavy atom. The maximum absolute atomic E-state index is 12.2. The lowest BCUT2D eigenvalue weighted by atomic mass is 10.1. The van der Waals surface area contributed by atoms with Crippen molar-refractivity contribution < 1.29 is 19.0 Å². The number of ether oxygens (including phenoxy) is 3. The van der Waals surface area contributed by atoms with Crippen molar-refractivity contribution in [1.82, 2.24) is 15.0 Å². The van der Waals surface area contributed by atoms with Crippen molar-refractivity contribution in [3.63, 3.8) is 0 Å². The van der Waals surface area contributed by atoms with E-state index in [0.29, 0.717) is 22.7 Å². The number of aromatic nitrogens is 3. The number of aryl methyl sites for hydroxylation is 1. The lowest BCUT2D eigenvalue weighted by molar-refractivity contribution is 0.0602. The van der Waals surface area contributed by atoms with Crippen LogP contribution in [-0.2, 0) is 4.74 Å². The highest BCUT2D eigenvalue weighted by Gasteiger charge is 2.19. The summed E-state index contributed by atoms with van der Waals surface area (Å²) in [6.45, 7) is 1.99. The molecule has 4 rings (SSSR count). The van der Waals surface area contributed by atoms with Gasteiger partial charge in [-0.2, -0.15) is 0 Å². The molecule has 0 aliphatic rings. The third kappa shape index (κ3) is 3.01. The van der Waals surface area contributed by atoms with Gasteiger partial charge in [0.15, 0.2) is 0 Å². The summed E-state index contributed by atoms with van der Waals surface area (Å²) in [5, 5.41) is 0.738. The first kappa shape index (κ1) is 18.1. The standard InChI is InChI=1S/C20H17N3O4S/c1-10-5-12(17-14(6-10)22-16(26-3)9-21-17)19-23-18-13(20(24)27-4)7-11(25-2)8-15(18)28-19/h5-9H,1-4H3. The molecular formula is C20H17N3O4S. The van der Waals surface area contributed by atoms with Gasteiger partial charge in [-0.1, -0.05) is 0 Å². The summed E-state index contributed by atoms with van der Waals surface area (Å²) in [5.41, 5.74) is 4.25. The van der Waals surface area contributed by atoms with E-state index in [1.54, 1.807) is 26.5 Å². The van der Waals surface area contributed by atoms with E-state index < -0.39 is 5.97 Å². The number of esters is 1. The van der Waals surface area contributed by atoms with E-state index >= 15 is 0 Å². The van der Waals surface area contributed by atoms with Crippen LogP contribution < -0.4 is 9.47 Å². The van der Waals surface area contributed by atoms with Crippen molar-refractivity contribution in [2.75, 3.05) is 21.3 Å². The summed E-state index contributed by atoms with van der Waals surface area (Å²) in [6.07, 6.45) is 1.58. The number of thiazole rings is 1. The number of benzene rings is 2. The molecule has 0 bridgehead atoms. The van der Waals surface area contributed by atoms with E-state index in [-0.39, 0.29) is 0 Å². The molecule has 7 nitrogen and oxygen atoms in total. The molecule has 0 N–H and O–H groups in total. The van der Waals surface area contributed by atoms with Gasteiger partial charge in [0.25, 0.3) is 0 Å². The third-order valence-corrected chi connectivity index (χ3v) is 5.35. The normalized spacial score (nSPS) is 11.0. The fourth-order valence-electron chi connectivity index (χ4n) is 3.01. The van der Waals surface area contributed by atoms with Crippen LogP contribution in [0.5, 0.6) is 11.6 Å². The van der Waals surface area contributed by atoms with Crippen molar-refractivity contribution >= 4 is 38.6 Å². The average Bonchev–Trinajstić information content (AvgIpc) is 3.15. The van der Waals surface area contributed by atoms with Gasteiger partial charge in [-0.25, -0.2) is 19.7 Å². The molecule has 0 aliphatic carbocycles. The topological polar surface area (TPSA) is 83.4 Å². The van der Waals surface area contributed by atoms with Crippen molar-refractivity contribution in [2.24, 2.45) is 0 Å². The molecule has 28 heavy (non-hydrogen) atoms. The van der Waals surface area contributed by atoms with Gasteiger partial charge in [-0.05, 0) is 36.8 Å². The molecule has 0 amide bonds. The summed E-state index contributed by atoms with van der Waals surface area (Å²) in [4.78, 5) is 25.9. The SMILES string of the molecule is COC(=O)c1cc(OC)cc2sc(-c3cc(C)cc4nc(OC)cnc34)nc12. The van der Waals surface area contributed by atoms with E-state index in [2.05, 4.69) is 9.97 Å². The number of methoxy groups -OCH3 is 3. The fourth-order valence-corrected chi connectivity index (χ4v) is 4.05. The van der Waals surface area contributed by atoms with Gasteiger partial charge in [-0.3, -0.25) is 0 Å². The lowest BCUT2D eigenvalue weighted by Gasteiger charge is -2.06. The molecule has 2 aromatic heterocycles. The highest BCUT2D eigenvalue weighted by atomic mass is 32.1. The zero-order chi connectivity index (χ0) is 19.8. The van der Waals surface area contributed by atoms with Gasteiger partial charge in [0.05, 0.1) is 54.3 Å². The third-order valence-electron chi connectivity index (χ3n) is 4.32. The fraction of sp³-hybridized carbons (Fsp3) is 0.200. The second-order valence-corrected chi connectivity index (χ2v) is 7.16. The molecule has 2 heterocycles.